The van der Waals surface area contributed by atoms with Crippen LogP contribution in [0.4, 0.5) is 9.52 Å². The van der Waals surface area contributed by atoms with E-state index in [1.807, 2.05) is 66.7 Å². The highest BCUT2D eigenvalue weighted by atomic mass is 32.2. The van der Waals surface area contributed by atoms with Crippen LogP contribution in [0.3, 0.4) is 0 Å². The lowest BCUT2D eigenvalue weighted by molar-refractivity contribution is -0.116. The van der Waals surface area contributed by atoms with Gasteiger partial charge in [-0.1, -0.05) is 65.9 Å². The number of anilines is 1. The first kappa shape index (κ1) is 18.7. The number of halogens is 1. The molecule has 4 aromatic rings. The molecule has 0 atom stereocenters. The first-order valence-corrected chi connectivity index (χ1v) is 10.6. The SMILES string of the molecule is O=C(CSc1ccccc1)N(Cc1ccccc1)c1nc2c(F)cccc2s1. The number of aromatic nitrogens is 1. The van der Waals surface area contributed by atoms with Crippen molar-refractivity contribution in [3.63, 3.8) is 0 Å². The van der Waals surface area contributed by atoms with Crippen molar-refractivity contribution >= 4 is 44.4 Å². The molecule has 1 aromatic heterocycles. The minimum absolute atomic E-state index is 0.0582. The Morgan fingerprint density at radius 2 is 1.68 bits per heavy atom. The average Bonchev–Trinajstić information content (AvgIpc) is 3.17. The fourth-order valence-electron chi connectivity index (χ4n) is 2.79. The third-order valence-electron chi connectivity index (χ3n) is 4.18. The summed E-state index contributed by atoms with van der Waals surface area (Å²) >= 11 is 2.82. The number of amides is 1. The van der Waals surface area contributed by atoms with Crippen molar-refractivity contribution in [2.75, 3.05) is 10.7 Å². The van der Waals surface area contributed by atoms with Crippen LogP contribution in [-0.4, -0.2) is 16.6 Å². The second kappa shape index (κ2) is 8.54. The highest BCUT2D eigenvalue weighted by molar-refractivity contribution is 8.00. The second-order valence-corrected chi connectivity index (χ2v) is 8.21. The fourth-order valence-corrected chi connectivity index (χ4v) is 4.58. The number of para-hydroxylation sites is 1. The van der Waals surface area contributed by atoms with E-state index in [2.05, 4.69) is 4.98 Å². The Kier molecular flexibility index (Phi) is 5.69. The molecular formula is C22H17FN2OS2. The summed E-state index contributed by atoms with van der Waals surface area (Å²) in [7, 11) is 0. The van der Waals surface area contributed by atoms with Crippen LogP contribution >= 0.6 is 23.1 Å². The van der Waals surface area contributed by atoms with Crippen LogP contribution in [0.5, 0.6) is 0 Å². The number of nitrogens with zero attached hydrogens (tertiary/aromatic N) is 2. The molecule has 0 saturated heterocycles. The first-order valence-electron chi connectivity index (χ1n) is 8.78. The maximum Gasteiger partial charge on any atom is 0.239 e. The third-order valence-corrected chi connectivity index (χ3v) is 6.22. The van der Waals surface area contributed by atoms with Gasteiger partial charge in [-0.3, -0.25) is 9.69 Å². The molecule has 0 N–H and O–H groups in total. The summed E-state index contributed by atoms with van der Waals surface area (Å²) < 4.78 is 14.8. The van der Waals surface area contributed by atoms with Gasteiger partial charge in [-0.15, -0.1) is 11.8 Å². The van der Waals surface area contributed by atoms with Crippen LogP contribution in [0.25, 0.3) is 10.2 Å². The summed E-state index contributed by atoms with van der Waals surface area (Å²) in [4.78, 5) is 20.2. The molecule has 4 rings (SSSR count). The summed E-state index contributed by atoms with van der Waals surface area (Å²) in [5, 5.41) is 0.516. The summed E-state index contributed by atoms with van der Waals surface area (Å²) in [6.07, 6.45) is 0. The Morgan fingerprint density at radius 3 is 2.39 bits per heavy atom. The topological polar surface area (TPSA) is 33.2 Å². The van der Waals surface area contributed by atoms with Crippen molar-refractivity contribution in [1.29, 1.82) is 0 Å². The normalized spacial score (nSPS) is 10.9. The van der Waals surface area contributed by atoms with E-state index in [0.29, 0.717) is 17.2 Å². The Balaban J connectivity index is 1.62. The van der Waals surface area contributed by atoms with E-state index >= 15 is 0 Å². The van der Waals surface area contributed by atoms with Crippen molar-refractivity contribution in [2.24, 2.45) is 0 Å². The Hall–Kier alpha value is -2.70. The van der Waals surface area contributed by atoms with Crippen molar-refractivity contribution in [2.45, 2.75) is 11.4 Å². The van der Waals surface area contributed by atoms with E-state index in [1.165, 1.54) is 29.2 Å². The summed E-state index contributed by atoms with van der Waals surface area (Å²) in [6.45, 7) is 0.399. The van der Waals surface area contributed by atoms with Crippen LogP contribution in [0.15, 0.2) is 83.8 Å². The molecule has 28 heavy (non-hydrogen) atoms. The van der Waals surface area contributed by atoms with Gasteiger partial charge in [0.2, 0.25) is 5.91 Å². The average molecular weight is 409 g/mol. The molecule has 3 nitrogen and oxygen atoms in total. The number of carbonyl (C=O) groups is 1. The predicted octanol–water partition coefficient (Wildman–Crippen LogP) is 5.76. The number of fused-ring (bicyclic) bond motifs is 1. The van der Waals surface area contributed by atoms with E-state index in [9.17, 15) is 9.18 Å². The van der Waals surface area contributed by atoms with Gasteiger partial charge in [0.05, 0.1) is 17.0 Å². The lowest BCUT2D eigenvalue weighted by Crippen LogP contribution is -2.31. The molecule has 0 aliphatic rings. The molecule has 140 valence electrons. The molecule has 0 spiro atoms. The molecule has 0 saturated carbocycles. The van der Waals surface area contributed by atoms with Gasteiger partial charge in [-0.25, -0.2) is 9.37 Å². The van der Waals surface area contributed by atoms with E-state index < -0.39 is 0 Å². The molecule has 1 heterocycles. The van der Waals surface area contributed by atoms with Crippen LogP contribution in [0, 0.1) is 5.82 Å². The molecule has 0 aliphatic carbocycles. The number of rotatable bonds is 6. The summed E-state index contributed by atoms with van der Waals surface area (Å²) in [5.41, 5.74) is 1.31. The van der Waals surface area contributed by atoms with E-state index in [1.54, 1.807) is 11.0 Å². The maximum atomic E-state index is 14.1. The van der Waals surface area contributed by atoms with Crippen molar-refractivity contribution in [1.82, 2.24) is 4.98 Å². The predicted molar refractivity (Wildman–Crippen MR) is 114 cm³/mol. The number of benzene rings is 3. The number of hydrogen-bond acceptors (Lipinski definition) is 4. The summed E-state index contributed by atoms with van der Waals surface area (Å²) in [5.74, 6) is -0.141. The van der Waals surface area contributed by atoms with Crippen LogP contribution < -0.4 is 4.90 Å². The fraction of sp³-hybridized carbons (Fsp3) is 0.0909. The molecule has 0 fully saturated rings. The van der Waals surface area contributed by atoms with E-state index in [0.717, 1.165) is 15.2 Å². The van der Waals surface area contributed by atoms with Gasteiger partial charge in [0.25, 0.3) is 0 Å². The number of carbonyl (C=O) groups excluding carboxylic acids is 1. The molecule has 0 aliphatic heterocycles. The Labute approximate surface area is 170 Å². The zero-order valence-electron chi connectivity index (χ0n) is 14.9. The van der Waals surface area contributed by atoms with Gasteiger partial charge in [-0.2, -0.15) is 0 Å². The zero-order valence-corrected chi connectivity index (χ0v) is 16.5. The maximum absolute atomic E-state index is 14.1. The van der Waals surface area contributed by atoms with E-state index in [-0.39, 0.29) is 17.5 Å². The van der Waals surface area contributed by atoms with Gasteiger partial charge in [0.1, 0.15) is 11.3 Å². The monoisotopic (exact) mass is 408 g/mol. The van der Waals surface area contributed by atoms with Crippen LogP contribution in [0.2, 0.25) is 0 Å². The van der Waals surface area contributed by atoms with Gasteiger partial charge in [0, 0.05) is 4.90 Å². The summed E-state index contributed by atoms with van der Waals surface area (Å²) in [6, 6.07) is 24.4. The van der Waals surface area contributed by atoms with Gasteiger partial charge in [0.15, 0.2) is 5.13 Å². The molecule has 1 amide bonds. The van der Waals surface area contributed by atoms with Gasteiger partial charge >= 0.3 is 0 Å². The first-order chi connectivity index (χ1) is 13.7. The molecule has 0 radical (unpaired) electrons. The van der Waals surface area contributed by atoms with Crippen molar-refractivity contribution in [3.05, 3.63) is 90.2 Å². The minimum atomic E-state index is -0.370. The lowest BCUT2D eigenvalue weighted by atomic mass is 10.2. The number of hydrogen-bond donors (Lipinski definition) is 0. The van der Waals surface area contributed by atoms with E-state index in [4.69, 9.17) is 0 Å². The largest absolute Gasteiger partial charge is 0.283 e. The highest BCUT2D eigenvalue weighted by Crippen LogP contribution is 2.32. The minimum Gasteiger partial charge on any atom is -0.283 e. The van der Waals surface area contributed by atoms with Crippen LogP contribution in [0.1, 0.15) is 5.56 Å². The quantitative estimate of drug-likeness (QED) is 0.380. The molecule has 6 heteroatoms. The standard InChI is InChI=1S/C22H17FN2OS2/c23-18-12-7-13-19-21(18)24-22(28-19)25(14-16-8-3-1-4-9-16)20(26)15-27-17-10-5-2-6-11-17/h1-13H,14-15H2. The van der Waals surface area contributed by atoms with Gasteiger partial charge < -0.3 is 0 Å². The van der Waals surface area contributed by atoms with Crippen molar-refractivity contribution < 1.29 is 9.18 Å². The number of thiazole rings is 1. The third kappa shape index (κ3) is 4.24. The van der Waals surface area contributed by atoms with Gasteiger partial charge in [-0.05, 0) is 29.8 Å². The molecule has 0 unspecified atom stereocenters. The second-order valence-electron chi connectivity index (χ2n) is 6.15. The molecular weight excluding hydrogens is 391 g/mol. The molecule has 3 aromatic carbocycles. The lowest BCUT2D eigenvalue weighted by Gasteiger charge is -2.20. The van der Waals surface area contributed by atoms with Crippen molar-refractivity contribution in [3.8, 4) is 0 Å². The smallest absolute Gasteiger partial charge is 0.239 e. The van der Waals surface area contributed by atoms with Crippen LogP contribution in [-0.2, 0) is 11.3 Å². The molecule has 0 bridgehead atoms. The number of thioether (sulfide) groups is 1. The Morgan fingerprint density at radius 1 is 0.964 bits per heavy atom. The highest BCUT2D eigenvalue weighted by Gasteiger charge is 2.21. The zero-order chi connectivity index (χ0) is 19.3. The Bertz CT molecular complexity index is 1080.